The number of H-pyrrole nitrogens is 1. The van der Waals surface area contributed by atoms with Crippen LogP contribution in [-0.2, 0) is 0 Å². The van der Waals surface area contributed by atoms with Crippen LogP contribution in [0.25, 0.3) is 11.0 Å². The highest BCUT2D eigenvalue weighted by atomic mass is 15.2. The van der Waals surface area contributed by atoms with E-state index in [0.717, 1.165) is 29.8 Å². The molecule has 0 aliphatic carbocycles. The predicted molar refractivity (Wildman–Crippen MR) is 64.7 cm³/mol. The Kier molecular flexibility index (Phi) is 2.27. The molecule has 84 valence electrons. The minimum atomic E-state index is 0.973. The SMILES string of the molecule is Cc1cc(N2CCCCC2)c2[nH]ncc2n1. The zero-order valence-corrected chi connectivity index (χ0v) is 9.53. The molecule has 3 heterocycles. The molecular formula is C12H16N4. The lowest BCUT2D eigenvalue weighted by Crippen LogP contribution is -2.29. The summed E-state index contributed by atoms with van der Waals surface area (Å²) in [5.41, 5.74) is 4.38. The summed E-state index contributed by atoms with van der Waals surface area (Å²) in [5, 5.41) is 7.14. The Labute approximate surface area is 94.7 Å². The molecule has 0 amide bonds. The summed E-state index contributed by atoms with van der Waals surface area (Å²) in [4.78, 5) is 6.91. The fourth-order valence-electron chi connectivity index (χ4n) is 2.43. The summed E-state index contributed by atoms with van der Waals surface area (Å²) in [7, 11) is 0. The maximum absolute atomic E-state index is 4.47. The van der Waals surface area contributed by atoms with E-state index in [1.807, 2.05) is 6.92 Å². The number of aromatic amines is 1. The van der Waals surface area contributed by atoms with Crippen molar-refractivity contribution in [3.05, 3.63) is 18.0 Å². The average molecular weight is 216 g/mol. The van der Waals surface area contributed by atoms with Gasteiger partial charge in [-0.3, -0.25) is 5.10 Å². The number of fused-ring (bicyclic) bond motifs is 1. The van der Waals surface area contributed by atoms with E-state index in [9.17, 15) is 0 Å². The Morgan fingerprint density at radius 3 is 2.88 bits per heavy atom. The summed E-state index contributed by atoms with van der Waals surface area (Å²) in [5.74, 6) is 0. The third kappa shape index (κ3) is 1.54. The number of piperidine rings is 1. The predicted octanol–water partition coefficient (Wildman–Crippen LogP) is 2.26. The lowest BCUT2D eigenvalue weighted by atomic mass is 10.1. The van der Waals surface area contributed by atoms with Gasteiger partial charge in [-0.15, -0.1) is 0 Å². The first kappa shape index (κ1) is 9.63. The average Bonchev–Trinajstić information content (AvgIpc) is 2.77. The normalized spacial score (nSPS) is 16.9. The third-order valence-corrected chi connectivity index (χ3v) is 3.21. The largest absolute Gasteiger partial charge is 0.370 e. The summed E-state index contributed by atoms with van der Waals surface area (Å²) >= 11 is 0. The van der Waals surface area contributed by atoms with Crippen LogP contribution in [0, 0.1) is 6.92 Å². The van der Waals surface area contributed by atoms with Gasteiger partial charge in [-0.2, -0.15) is 5.10 Å². The molecule has 4 heteroatoms. The molecule has 0 aromatic carbocycles. The molecule has 0 spiro atoms. The minimum absolute atomic E-state index is 0.973. The van der Waals surface area contributed by atoms with E-state index in [1.54, 1.807) is 6.20 Å². The monoisotopic (exact) mass is 216 g/mol. The van der Waals surface area contributed by atoms with Gasteiger partial charge in [0.2, 0.25) is 0 Å². The smallest absolute Gasteiger partial charge is 0.110 e. The van der Waals surface area contributed by atoms with Gasteiger partial charge in [0, 0.05) is 18.8 Å². The summed E-state index contributed by atoms with van der Waals surface area (Å²) in [6.45, 7) is 4.34. The zero-order valence-electron chi connectivity index (χ0n) is 9.53. The minimum Gasteiger partial charge on any atom is -0.370 e. The zero-order chi connectivity index (χ0) is 11.0. The van der Waals surface area contributed by atoms with Gasteiger partial charge in [0.05, 0.1) is 11.9 Å². The molecule has 0 unspecified atom stereocenters. The summed E-state index contributed by atoms with van der Waals surface area (Å²) < 4.78 is 0. The van der Waals surface area contributed by atoms with Crippen molar-refractivity contribution >= 4 is 16.7 Å². The van der Waals surface area contributed by atoms with Crippen LogP contribution in [0.2, 0.25) is 0 Å². The van der Waals surface area contributed by atoms with Gasteiger partial charge in [-0.05, 0) is 32.3 Å². The van der Waals surface area contributed by atoms with Crippen LogP contribution in [0.3, 0.4) is 0 Å². The van der Waals surface area contributed by atoms with E-state index in [1.165, 1.54) is 24.9 Å². The van der Waals surface area contributed by atoms with Gasteiger partial charge >= 0.3 is 0 Å². The van der Waals surface area contributed by atoms with Crippen LogP contribution in [0.1, 0.15) is 25.0 Å². The standard InChI is InChI=1S/C12H16N4/c1-9-7-11(16-5-3-2-4-6-16)12-10(14-9)8-13-15-12/h7-8H,2-6H2,1H3,(H,13,15). The van der Waals surface area contributed by atoms with Crippen molar-refractivity contribution in [2.75, 3.05) is 18.0 Å². The molecule has 16 heavy (non-hydrogen) atoms. The van der Waals surface area contributed by atoms with Gasteiger partial charge in [0.1, 0.15) is 11.0 Å². The number of nitrogens with zero attached hydrogens (tertiary/aromatic N) is 3. The molecule has 0 atom stereocenters. The number of nitrogens with one attached hydrogen (secondary N) is 1. The van der Waals surface area contributed by atoms with E-state index in [4.69, 9.17) is 0 Å². The van der Waals surface area contributed by atoms with E-state index >= 15 is 0 Å². The fourth-order valence-corrected chi connectivity index (χ4v) is 2.43. The number of hydrogen-bond donors (Lipinski definition) is 1. The van der Waals surface area contributed by atoms with E-state index in [2.05, 4.69) is 26.1 Å². The highest BCUT2D eigenvalue weighted by Gasteiger charge is 2.15. The Hall–Kier alpha value is -1.58. The molecule has 0 radical (unpaired) electrons. The first-order valence-electron chi connectivity index (χ1n) is 5.90. The van der Waals surface area contributed by atoms with Crippen molar-refractivity contribution in [2.24, 2.45) is 0 Å². The first-order chi connectivity index (χ1) is 7.84. The molecular weight excluding hydrogens is 200 g/mol. The molecule has 1 fully saturated rings. The number of rotatable bonds is 1. The van der Waals surface area contributed by atoms with Crippen molar-refractivity contribution in [3.63, 3.8) is 0 Å². The molecule has 1 saturated heterocycles. The molecule has 0 saturated carbocycles. The van der Waals surface area contributed by atoms with Crippen LogP contribution in [0.15, 0.2) is 12.3 Å². The van der Waals surface area contributed by atoms with Crippen LogP contribution in [0.4, 0.5) is 5.69 Å². The molecule has 2 aromatic rings. The quantitative estimate of drug-likeness (QED) is 0.795. The lowest BCUT2D eigenvalue weighted by Gasteiger charge is -2.29. The molecule has 0 bridgehead atoms. The first-order valence-corrected chi connectivity index (χ1v) is 5.90. The second-order valence-electron chi connectivity index (χ2n) is 4.46. The van der Waals surface area contributed by atoms with Gasteiger partial charge in [-0.1, -0.05) is 0 Å². The number of pyridine rings is 1. The van der Waals surface area contributed by atoms with E-state index in [0.29, 0.717) is 0 Å². The van der Waals surface area contributed by atoms with Crippen molar-refractivity contribution in [1.82, 2.24) is 15.2 Å². The molecule has 3 rings (SSSR count). The number of anilines is 1. The number of aromatic nitrogens is 3. The van der Waals surface area contributed by atoms with Crippen LogP contribution in [-0.4, -0.2) is 28.3 Å². The molecule has 1 aliphatic rings. The van der Waals surface area contributed by atoms with Crippen molar-refractivity contribution in [2.45, 2.75) is 26.2 Å². The second kappa shape index (κ2) is 3.77. The highest BCUT2D eigenvalue weighted by Crippen LogP contribution is 2.27. The Morgan fingerprint density at radius 1 is 1.25 bits per heavy atom. The van der Waals surface area contributed by atoms with Crippen LogP contribution < -0.4 is 4.90 Å². The third-order valence-electron chi connectivity index (χ3n) is 3.21. The summed E-state index contributed by atoms with van der Waals surface area (Å²) in [6, 6.07) is 2.16. The molecule has 2 aromatic heterocycles. The molecule has 1 aliphatic heterocycles. The molecule has 1 N–H and O–H groups in total. The van der Waals surface area contributed by atoms with Crippen molar-refractivity contribution in [3.8, 4) is 0 Å². The van der Waals surface area contributed by atoms with E-state index in [-0.39, 0.29) is 0 Å². The lowest BCUT2D eigenvalue weighted by molar-refractivity contribution is 0.578. The van der Waals surface area contributed by atoms with Crippen molar-refractivity contribution < 1.29 is 0 Å². The maximum atomic E-state index is 4.47. The highest BCUT2D eigenvalue weighted by molar-refractivity contribution is 5.87. The topological polar surface area (TPSA) is 44.8 Å². The maximum Gasteiger partial charge on any atom is 0.110 e. The van der Waals surface area contributed by atoms with Gasteiger partial charge in [0.25, 0.3) is 0 Å². The number of hydrogen-bond acceptors (Lipinski definition) is 3. The Bertz CT molecular complexity index is 497. The Balaban J connectivity index is 2.09. The van der Waals surface area contributed by atoms with Crippen LogP contribution in [0.5, 0.6) is 0 Å². The fraction of sp³-hybridized carbons (Fsp3) is 0.500. The Morgan fingerprint density at radius 2 is 2.06 bits per heavy atom. The van der Waals surface area contributed by atoms with Crippen molar-refractivity contribution in [1.29, 1.82) is 0 Å². The van der Waals surface area contributed by atoms with Gasteiger partial charge < -0.3 is 4.90 Å². The van der Waals surface area contributed by atoms with Gasteiger partial charge in [0.15, 0.2) is 0 Å². The van der Waals surface area contributed by atoms with E-state index < -0.39 is 0 Å². The van der Waals surface area contributed by atoms with Gasteiger partial charge in [-0.25, -0.2) is 4.98 Å². The second-order valence-corrected chi connectivity index (χ2v) is 4.46. The summed E-state index contributed by atoms with van der Waals surface area (Å²) in [6.07, 6.45) is 5.73. The number of aryl methyl sites for hydroxylation is 1. The molecule has 4 nitrogen and oxygen atoms in total. The van der Waals surface area contributed by atoms with Crippen LogP contribution >= 0.6 is 0 Å².